The van der Waals surface area contributed by atoms with Crippen LogP contribution < -0.4 is 10.9 Å². The Morgan fingerprint density at radius 1 is 1.17 bits per heavy atom. The molecule has 0 bridgehead atoms. The molecule has 2 aliphatic rings. The van der Waals surface area contributed by atoms with Gasteiger partial charge < -0.3 is 10.1 Å². The Kier molecular flexibility index (Phi) is 5.40. The van der Waals surface area contributed by atoms with Crippen molar-refractivity contribution in [2.75, 3.05) is 13.2 Å². The molecule has 10 heteroatoms. The summed E-state index contributed by atoms with van der Waals surface area (Å²) in [4.78, 5) is 39.2. The number of carbonyl (C=O) groups is 1. The minimum atomic E-state index is -0.456. The molecule has 36 heavy (non-hydrogen) atoms. The van der Waals surface area contributed by atoms with Crippen molar-refractivity contribution in [2.24, 2.45) is 0 Å². The number of hydrogen-bond acceptors (Lipinski definition) is 7. The number of fused-ring (bicyclic) bond motifs is 1. The normalized spacial score (nSPS) is 18.6. The molecule has 1 amide bonds. The van der Waals surface area contributed by atoms with Crippen molar-refractivity contribution in [1.29, 1.82) is 0 Å². The number of nitrogens with one attached hydrogen (secondary N) is 1. The van der Waals surface area contributed by atoms with E-state index < -0.39 is 5.54 Å². The van der Waals surface area contributed by atoms with Gasteiger partial charge in [-0.3, -0.25) is 14.2 Å². The fourth-order valence-electron chi connectivity index (χ4n) is 4.80. The Bertz CT molecular complexity index is 1500. The summed E-state index contributed by atoms with van der Waals surface area (Å²) in [5, 5.41) is 8.28. The lowest BCUT2D eigenvalue weighted by Gasteiger charge is -2.18. The highest BCUT2D eigenvalue weighted by Gasteiger charge is 2.46. The maximum absolute atomic E-state index is 13.1. The predicted molar refractivity (Wildman–Crippen MR) is 132 cm³/mol. The van der Waals surface area contributed by atoms with E-state index in [2.05, 4.69) is 25.4 Å². The van der Waals surface area contributed by atoms with Crippen LogP contribution in [0.1, 0.15) is 61.4 Å². The fourth-order valence-corrected chi connectivity index (χ4v) is 4.80. The second-order valence-corrected chi connectivity index (χ2v) is 9.81. The molecule has 6 rings (SSSR count). The maximum atomic E-state index is 13.1. The van der Waals surface area contributed by atoms with Crippen LogP contribution in [0.5, 0.6) is 0 Å². The molecule has 0 radical (unpaired) electrons. The summed E-state index contributed by atoms with van der Waals surface area (Å²) < 4.78 is 8.88. The SMILES string of the molecule is CC(C)n1ncc2cnc(C(=O)NC3(c4ccc(-c5cncn(C6CCOC6)c5=O)cc4)CC3)nc21. The quantitative estimate of drug-likeness (QED) is 0.446. The van der Waals surface area contributed by atoms with E-state index in [9.17, 15) is 9.59 Å². The average molecular weight is 486 g/mol. The van der Waals surface area contributed by atoms with Gasteiger partial charge in [-0.15, -0.1) is 0 Å². The highest BCUT2D eigenvalue weighted by atomic mass is 16.5. The fraction of sp³-hybridized carbons (Fsp3) is 0.385. The smallest absolute Gasteiger partial charge is 0.289 e. The molecule has 1 unspecified atom stereocenters. The zero-order valence-electron chi connectivity index (χ0n) is 20.2. The molecule has 184 valence electrons. The van der Waals surface area contributed by atoms with Crippen molar-refractivity contribution in [3.63, 3.8) is 0 Å². The molecule has 1 saturated carbocycles. The standard InChI is InChI=1S/C26H27N7O3/c1-16(2)33-23-18(12-29-33)11-28-22(30-23)24(34)31-26(8-9-26)19-5-3-17(4-6-19)21-13-27-15-32(25(21)35)20-7-10-36-14-20/h3-6,11-13,15-16,20H,7-10,14H2,1-2H3,(H,31,34). The van der Waals surface area contributed by atoms with Crippen molar-refractivity contribution in [1.82, 2.24) is 34.6 Å². The number of aromatic nitrogens is 6. The Labute approximate surface area is 207 Å². The lowest BCUT2D eigenvalue weighted by atomic mass is 10.0. The lowest BCUT2D eigenvalue weighted by molar-refractivity contribution is 0.0920. The van der Waals surface area contributed by atoms with Gasteiger partial charge in [0.05, 0.1) is 41.7 Å². The van der Waals surface area contributed by atoms with Crippen LogP contribution in [-0.4, -0.2) is 48.4 Å². The van der Waals surface area contributed by atoms with Crippen molar-refractivity contribution in [3.8, 4) is 11.1 Å². The third kappa shape index (κ3) is 3.87. The molecular formula is C26H27N7O3. The van der Waals surface area contributed by atoms with E-state index in [1.807, 2.05) is 38.1 Å². The van der Waals surface area contributed by atoms with Gasteiger partial charge in [0.15, 0.2) is 5.65 Å². The van der Waals surface area contributed by atoms with Gasteiger partial charge in [0.25, 0.3) is 11.5 Å². The summed E-state index contributed by atoms with van der Waals surface area (Å²) in [6.07, 6.45) is 8.99. The highest BCUT2D eigenvalue weighted by Crippen LogP contribution is 2.46. The van der Waals surface area contributed by atoms with Gasteiger partial charge in [-0.1, -0.05) is 24.3 Å². The number of carbonyl (C=O) groups excluding carboxylic acids is 1. The molecule has 2 fully saturated rings. The first-order valence-electron chi connectivity index (χ1n) is 12.2. The molecule has 1 aliphatic heterocycles. The van der Waals surface area contributed by atoms with Gasteiger partial charge in [-0.05, 0) is 44.2 Å². The van der Waals surface area contributed by atoms with Gasteiger partial charge in [0, 0.05) is 25.0 Å². The van der Waals surface area contributed by atoms with Crippen LogP contribution in [0.3, 0.4) is 0 Å². The van der Waals surface area contributed by atoms with Gasteiger partial charge in [0.2, 0.25) is 5.82 Å². The third-order valence-electron chi connectivity index (χ3n) is 7.04. The van der Waals surface area contributed by atoms with Crippen LogP contribution in [0.4, 0.5) is 0 Å². The largest absolute Gasteiger partial charge is 0.379 e. The topological polar surface area (TPSA) is 117 Å². The highest BCUT2D eigenvalue weighted by molar-refractivity contribution is 5.93. The van der Waals surface area contributed by atoms with Gasteiger partial charge >= 0.3 is 0 Å². The van der Waals surface area contributed by atoms with E-state index in [1.54, 1.807) is 34.2 Å². The minimum Gasteiger partial charge on any atom is -0.379 e. The van der Waals surface area contributed by atoms with E-state index in [4.69, 9.17) is 4.74 Å². The van der Waals surface area contributed by atoms with Crippen molar-refractivity contribution < 1.29 is 9.53 Å². The van der Waals surface area contributed by atoms with Crippen molar-refractivity contribution in [2.45, 2.75) is 50.7 Å². The molecule has 4 aromatic rings. The monoisotopic (exact) mass is 485 g/mol. The van der Waals surface area contributed by atoms with E-state index in [0.717, 1.165) is 35.8 Å². The minimum absolute atomic E-state index is 0.0229. The number of amides is 1. The number of nitrogens with zero attached hydrogens (tertiary/aromatic N) is 6. The van der Waals surface area contributed by atoms with Crippen LogP contribution in [0.25, 0.3) is 22.2 Å². The van der Waals surface area contributed by atoms with Crippen molar-refractivity contribution in [3.05, 3.63) is 70.9 Å². The Balaban J connectivity index is 1.23. The van der Waals surface area contributed by atoms with E-state index >= 15 is 0 Å². The molecule has 1 aliphatic carbocycles. The average Bonchev–Trinajstić information content (AvgIpc) is 3.28. The molecule has 1 saturated heterocycles. The summed E-state index contributed by atoms with van der Waals surface area (Å²) in [5.41, 5.74) is 2.45. The third-order valence-corrected chi connectivity index (χ3v) is 7.04. The number of hydrogen-bond donors (Lipinski definition) is 1. The first-order chi connectivity index (χ1) is 17.4. The van der Waals surface area contributed by atoms with Crippen LogP contribution in [-0.2, 0) is 10.3 Å². The molecule has 1 aromatic carbocycles. The van der Waals surface area contributed by atoms with Crippen LogP contribution in [0, 0.1) is 0 Å². The molecule has 4 heterocycles. The summed E-state index contributed by atoms with van der Waals surface area (Å²) >= 11 is 0. The Morgan fingerprint density at radius 2 is 1.97 bits per heavy atom. The summed E-state index contributed by atoms with van der Waals surface area (Å²) in [6.45, 7) is 5.22. The molecule has 0 spiro atoms. The lowest BCUT2D eigenvalue weighted by Crippen LogP contribution is -2.36. The summed E-state index contributed by atoms with van der Waals surface area (Å²) in [5.74, 6) is -0.191. The molecular weight excluding hydrogens is 458 g/mol. The number of benzene rings is 1. The van der Waals surface area contributed by atoms with Gasteiger partial charge in [0.1, 0.15) is 0 Å². The van der Waals surface area contributed by atoms with Crippen molar-refractivity contribution >= 4 is 16.9 Å². The van der Waals surface area contributed by atoms with E-state index in [0.29, 0.717) is 24.4 Å². The zero-order chi connectivity index (χ0) is 24.9. The first kappa shape index (κ1) is 22.5. The number of ether oxygens (including phenoxy) is 1. The Hall–Kier alpha value is -3.92. The second kappa shape index (κ2) is 8.63. The Morgan fingerprint density at radius 3 is 2.67 bits per heavy atom. The van der Waals surface area contributed by atoms with E-state index in [1.165, 1.54) is 0 Å². The predicted octanol–water partition coefficient (Wildman–Crippen LogP) is 3.01. The van der Waals surface area contributed by atoms with Crippen LogP contribution in [0.2, 0.25) is 0 Å². The second-order valence-electron chi connectivity index (χ2n) is 9.81. The molecule has 10 nitrogen and oxygen atoms in total. The first-order valence-corrected chi connectivity index (χ1v) is 12.2. The summed E-state index contributed by atoms with van der Waals surface area (Å²) in [7, 11) is 0. The molecule has 1 atom stereocenters. The zero-order valence-corrected chi connectivity index (χ0v) is 20.2. The maximum Gasteiger partial charge on any atom is 0.289 e. The molecule has 3 aromatic heterocycles. The van der Waals surface area contributed by atoms with E-state index in [-0.39, 0.29) is 29.4 Å². The summed E-state index contributed by atoms with van der Waals surface area (Å²) in [6, 6.07) is 7.91. The molecule has 1 N–H and O–H groups in total. The van der Waals surface area contributed by atoms with Gasteiger partial charge in [-0.2, -0.15) is 5.10 Å². The van der Waals surface area contributed by atoms with Crippen LogP contribution in [0.15, 0.2) is 54.0 Å². The number of rotatable bonds is 6. The van der Waals surface area contributed by atoms with Crippen LogP contribution >= 0.6 is 0 Å². The van der Waals surface area contributed by atoms with Gasteiger partial charge in [-0.25, -0.2) is 19.6 Å².